The molecule has 23 heavy (non-hydrogen) atoms. The minimum atomic E-state index is -0.522. The number of ether oxygens (including phenoxy) is 2. The molecular formula is C15H12BrClN2O3S. The van der Waals surface area contributed by atoms with Crippen LogP contribution in [0.2, 0.25) is 5.02 Å². The summed E-state index contributed by atoms with van der Waals surface area (Å²) in [5.74, 6) is -0.0791. The van der Waals surface area contributed by atoms with Gasteiger partial charge >= 0.3 is 5.97 Å². The lowest BCUT2D eigenvalue weighted by atomic mass is 10.1. The number of esters is 1. The molecule has 2 aromatic rings. The highest BCUT2D eigenvalue weighted by Crippen LogP contribution is 2.34. The molecule has 120 valence electrons. The molecule has 0 fully saturated rings. The third kappa shape index (κ3) is 3.96. The smallest absolute Gasteiger partial charge is 0.348 e. The molecule has 2 N–H and O–H groups in total. The van der Waals surface area contributed by atoms with E-state index in [1.807, 2.05) is 6.07 Å². The van der Waals surface area contributed by atoms with E-state index in [9.17, 15) is 10.1 Å². The van der Waals surface area contributed by atoms with E-state index in [4.69, 9.17) is 26.8 Å². The van der Waals surface area contributed by atoms with Gasteiger partial charge in [-0.3, -0.25) is 0 Å². The van der Waals surface area contributed by atoms with Crippen molar-refractivity contribution in [3.8, 4) is 11.8 Å². The van der Waals surface area contributed by atoms with Gasteiger partial charge in [-0.2, -0.15) is 5.26 Å². The van der Waals surface area contributed by atoms with Gasteiger partial charge in [-0.1, -0.05) is 27.5 Å². The van der Waals surface area contributed by atoms with Gasteiger partial charge in [-0.25, -0.2) is 4.79 Å². The molecular weight excluding hydrogens is 404 g/mol. The quantitative estimate of drug-likeness (QED) is 0.733. The lowest BCUT2D eigenvalue weighted by molar-refractivity contribution is 0.0529. The van der Waals surface area contributed by atoms with Crippen LogP contribution >= 0.6 is 38.9 Å². The van der Waals surface area contributed by atoms with Gasteiger partial charge in [-0.15, -0.1) is 11.3 Å². The number of nitrogen functional groups attached to an aromatic ring is 1. The lowest BCUT2D eigenvalue weighted by Crippen LogP contribution is -2.08. The highest BCUT2D eigenvalue weighted by Gasteiger charge is 2.23. The lowest BCUT2D eigenvalue weighted by Gasteiger charge is -2.09. The molecule has 1 heterocycles. The first kappa shape index (κ1) is 17.6. The molecule has 1 aromatic heterocycles. The fourth-order valence-electron chi connectivity index (χ4n) is 1.85. The van der Waals surface area contributed by atoms with Crippen LogP contribution in [0.25, 0.3) is 0 Å². The van der Waals surface area contributed by atoms with E-state index in [-0.39, 0.29) is 28.7 Å². The molecule has 8 heteroatoms. The number of halogens is 2. The van der Waals surface area contributed by atoms with E-state index in [0.29, 0.717) is 16.3 Å². The Morgan fingerprint density at radius 2 is 2.26 bits per heavy atom. The van der Waals surface area contributed by atoms with Crippen molar-refractivity contribution in [1.82, 2.24) is 0 Å². The maximum Gasteiger partial charge on any atom is 0.348 e. The predicted octanol–water partition coefficient (Wildman–Crippen LogP) is 4.37. The number of carbonyl (C=O) groups excluding carboxylic acids is 1. The number of thiophene rings is 1. The van der Waals surface area contributed by atoms with Crippen LogP contribution < -0.4 is 10.5 Å². The second kappa shape index (κ2) is 7.68. The fraction of sp³-hybridized carbons (Fsp3) is 0.200. The summed E-state index contributed by atoms with van der Waals surface area (Å²) in [5.41, 5.74) is 6.44. The molecule has 0 saturated carbocycles. The second-order valence-corrected chi connectivity index (χ2v) is 6.72. The molecule has 0 aliphatic rings. The zero-order chi connectivity index (χ0) is 17.0. The molecule has 0 aliphatic carbocycles. The number of nitriles is 1. The Bertz CT molecular complexity index is 786. The topological polar surface area (TPSA) is 85.3 Å². The standard InChI is InChI=1S/C15H12BrClN2O3S/c1-2-21-15(20)13-10(9(6-18)14(19)23-13)7-22-12-4-3-8(16)5-11(12)17/h3-5H,2,7,19H2,1H3. The predicted molar refractivity (Wildman–Crippen MR) is 92.9 cm³/mol. The van der Waals surface area contributed by atoms with Crippen LogP contribution in [0.1, 0.15) is 27.7 Å². The summed E-state index contributed by atoms with van der Waals surface area (Å²) in [4.78, 5) is 12.3. The van der Waals surface area contributed by atoms with Crippen LogP contribution in [0.3, 0.4) is 0 Å². The molecule has 1 aromatic carbocycles. The SMILES string of the molecule is CCOC(=O)c1sc(N)c(C#N)c1COc1ccc(Br)cc1Cl. The zero-order valence-electron chi connectivity index (χ0n) is 12.1. The number of rotatable bonds is 5. The Morgan fingerprint density at radius 3 is 2.87 bits per heavy atom. The highest BCUT2D eigenvalue weighted by atomic mass is 79.9. The fourth-order valence-corrected chi connectivity index (χ4v) is 3.49. The third-order valence-electron chi connectivity index (χ3n) is 2.87. The van der Waals surface area contributed by atoms with Gasteiger partial charge < -0.3 is 15.2 Å². The summed E-state index contributed by atoms with van der Waals surface area (Å²) >= 11 is 10.4. The molecule has 0 saturated heterocycles. The van der Waals surface area contributed by atoms with Crippen LogP contribution in [-0.2, 0) is 11.3 Å². The second-order valence-electron chi connectivity index (χ2n) is 4.34. The van der Waals surface area contributed by atoms with Crippen LogP contribution in [0, 0.1) is 11.3 Å². The Balaban J connectivity index is 2.31. The maximum absolute atomic E-state index is 12.0. The molecule has 0 spiro atoms. The summed E-state index contributed by atoms with van der Waals surface area (Å²) in [6, 6.07) is 7.16. The summed E-state index contributed by atoms with van der Waals surface area (Å²) < 4.78 is 11.5. The van der Waals surface area contributed by atoms with Gasteiger partial charge in [-0.05, 0) is 25.1 Å². The van der Waals surface area contributed by atoms with Crippen molar-refractivity contribution in [2.45, 2.75) is 13.5 Å². The monoisotopic (exact) mass is 414 g/mol. The number of hydrogen-bond acceptors (Lipinski definition) is 6. The van der Waals surface area contributed by atoms with Crippen molar-refractivity contribution >= 4 is 49.8 Å². The Morgan fingerprint density at radius 1 is 1.52 bits per heavy atom. The van der Waals surface area contributed by atoms with E-state index in [0.717, 1.165) is 15.8 Å². The Kier molecular flexibility index (Phi) is 5.88. The number of anilines is 1. The van der Waals surface area contributed by atoms with E-state index in [1.165, 1.54) is 0 Å². The molecule has 0 amide bonds. The summed E-state index contributed by atoms with van der Waals surface area (Å²) in [6.45, 7) is 1.93. The average molecular weight is 416 g/mol. The van der Waals surface area contributed by atoms with Gasteiger partial charge in [0.15, 0.2) is 0 Å². The first-order valence-electron chi connectivity index (χ1n) is 6.54. The number of hydrogen-bond donors (Lipinski definition) is 1. The number of carbonyl (C=O) groups is 1. The van der Waals surface area contributed by atoms with Crippen molar-refractivity contribution in [2.24, 2.45) is 0 Å². The van der Waals surface area contributed by atoms with Crippen molar-refractivity contribution < 1.29 is 14.3 Å². The largest absolute Gasteiger partial charge is 0.487 e. The summed E-state index contributed by atoms with van der Waals surface area (Å²) in [6.07, 6.45) is 0. The van der Waals surface area contributed by atoms with Gasteiger partial charge in [0.1, 0.15) is 28.3 Å². The van der Waals surface area contributed by atoms with Crippen LogP contribution in [0.5, 0.6) is 5.75 Å². The van der Waals surface area contributed by atoms with Crippen molar-refractivity contribution in [2.75, 3.05) is 12.3 Å². The van der Waals surface area contributed by atoms with Crippen molar-refractivity contribution in [1.29, 1.82) is 5.26 Å². The molecule has 0 bridgehead atoms. The van der Waals surface area contributed by atoms with Gasteiger partial charge in [0.05, 0.1) is 17.2 Å². The normalized spacial score (nSPS) is 10.2. The minimum absolute atomic E-state index is 0.00784. The number of benzene rings is 1. The Labute approximate surface area is 150 Å². The average Bonchev–Trinajstić information content (AvgIpc) is 2.82. The number of nitrogens with zero attached hydrogens (tertiary/aromatic N) is 1. The molecule has 0 aliphatic heterocycles. The maximum atomic E-state index is 12.0. The number of nitrogens with two attached hydrogens (primary N) is 1. The minimum Gasteiger partial charge on any atom is -0.487 e. The first-order valence-corrected chi connectivity index (χ1v) is 8.52. The van der Waals surface area contributed by atoms with Crippen LogP contribution in [-0.4, -0.2) is 12.6 Å². The van der Waals surface area contributed by atoms with Crippen LogP contribution in [0.15, 0.2) is 22.7 Å². The van der Waals surface area contributed by atoms with E-state index >= 15 is 0 Å². The van der Waals surface area contributed by atoms with E-state index in [1.54, 1.807) is 25.1 Å². The van der Waals surface area contributed by atoms with E-state index in [2.05, 4.69) is 15.9 Å². The molecule has 0 unspecified atom stereocenters. The Hall–Kier alpha value is -1.75. The highest BCUT2D eigenvalue weighted by molar-refractivity contribution is 9.10. The summed E-state index contributed by atoms with van der Waals surface area (Å²) in [5, 5.41) is 9.92. The van der Waals surface area contributed by atoms with Gasteiger partial charge in [0.25, 0.3) is 0 Å². The van der Waals surface area contributed by atoms with Gasteiger partial charge in [0.2, 0.25) is 0 Å². The molecule has 0 atom stereocenters. The van der Waals surface area contributed by atoms with Crippen molar-refractivity contribution in [3.63, 3.8) is 0 Å². The van der Waals surface area contributed by atoms with Crippen LogP contribution in [0.4, 0.5) is 5.00 Å². The first-order chi connectivity index (χ1) is 11.0. The van der Waals surface area contributed by atoms with Gasteiger partial charge in [0, 0.05) is 10.0 Å². The zero-order valence-corrected chi connectivity index (χ0v) is 15.2. The molecule has 2 rings (SSSR count). The molecule has 0 radical (unpaired) electrons. The van der Waals surface area contributed by atoms with Crippen molar-refractivity contribution in [3.05, 3.63) is 43.7 Å². The van der Waals surface area contributed by atoms with E-state index < -0.39 is 5.97 Å². The summed E-state index contributed by atoms with van der Waals surface area (Å²) in [7, 11) is 0. The third-order valence-corrected chi connectivity index (χ3v) is 4.70. The molecule has 5 nitrogen and oxygen atoms in total.